The number of nitrogens with one attached hydrogen (secondary N) is 1. The average molecular weight is 402 g/mol. The standard InChI is InChI=1S/C20H16ClNO6/c21-15-2-4-16-13(7-15)6-14(9-25-16)20(24)26-10-19(23)22-8-12-1-3-17-18(5-12)28-11-27-17/h1-7H,8-11H2,(H,22,23). The van der Waals surface area contributed by atoms with Gasteiger partial charge in [0.25, 0.3) is 5.91 Å². The molecule has 28 heavy (non-hydrogen) atoms. The normalized spacial score (nSPS) is 13.8. The van der Waals surface area contributed by atoms with Gasteiger partial charge in [0.15, 0.2) is 18.1 Å². The molecule has 0 saturated carbocycles. The van der Waals surface area contributed by atoms with E-state index in [0.717, 1.165) is 5.56 Å². The zero-order valence-corrected chi connectivity index (χ0v) is 15.5. The van der Waals surface area contributed by atoms with Gasteiger partial charge in [-0.25, -0.2) is 4.79 Å². The zero-order chi connectivity index (χ0) is 19.5. The summed E-state index contributed by atoms with van der Waals surface area (Å²) in [6.07, 6.45) is 1.65. The van der Waals surface area contributed by atoms with Crippen molar-refractivity contribution < 1.29 is 28.5 Å². The summed E-state index contributed by atoms with van der Waals surface area (Å²) in [6, 6.07) is 10.5. The minimum Gasteiger partial charge on any atom is -0.488 e. The number of rotatable bonds is 5. The molecule has 2 aliphatic heterocycles. The molecule has 144 valence electrons. The third kappa shape index (κ3) is 4.04. The molecule has 4 rings (SSSR count). The first-order chi connectivity index (χ1) is 13.6. The van der Waals surface area contributed by atoms with Gasteiger partial charge < -0.3 is 24.3 Å². The molecule has 0 saturated heterocycles. The molecular formula is C20H16ClNO6. The average Bonchev–Trinajstić information content (AvgIpc) is 3.17. The van der Waals surface area contributed by atoms with E-state index in [1.807, 2.05) is 6.07 Å². The van der Waals surface area contributed by atoms with Crippen molar-refractivity contribution in [1.29, 1.82) is 0 Å². The fraction of sp³-hybridized carbons (Fsp3) is 0.200. The molecule has 1 N–H and O–H groups in total. The lowest BCUT2D eigenvalue weighted by atomic mass is 10.1. The summed E-state index contributed by atoms with van der Waals surface area (Å²) in [6.45, 7) is 0.164. The van der Waals surface area contributed by atoms with Gasteiger partial charge in [-0.15, -0.1) is 0 Å². The Morgan fingerprint density at radius 1 is 1.04 bits per heavy atom. The van der Waals surface area contributed by atoms with Gasteiger partial charge in [-0.2, -0.15) is 0 Å². The smallest absolute Gasteiger partial charge is 0.338 e. The highest BCUT2D eigenvalue weighted by atomic mass is 35.5. The predicted octanol–water partition coefficient (Wildman–Crippen LogP) is 2.70. The lowest BCUT2D eigenvalue weighted by Gasteiger charge is -2.17. The SMILES string of the molecule is O=C(COC(=O)C1=Cc2cc(Cl)ccc2OC1)NCc1ccc2c(c1)OCO2. The molecule has 0 radical (unpaired) electrons. The van der Waals surface area contributed by atoms with Crippen molar-refractivity contribution in [2.24, 2.45) is 0 Å². The van der Waals surface area contributed by atoms with Crippen molar-refractivity contribution in [3.8, 4) is 17.2 Å². The highest BCUT2D eigenvalue weighted by Crippen LogP contribution is 2.32. The second kappa shape index (κ2) is 7.82. The first kappa shape index (κ1) is 18.2. The van der Waals surface area contributed by atoms with Crippen molar-refractivity contribution in [3.05, 3.63) is 58.1 Å². The Bertz CT molecular complexity index is 971. The van der Waals surface area contributed by atoms with Crippen LogP contribution in [0.5, 0.6) is 17.2 Å². The maximum atomic E-state index is 12.2. The number of esters is 1. The molecule has 2 aromatic carbocycles. The molecule has 0 aromatic heterocycles. The Morgan fingerprint density at radius 2 is 1.86 bits per heavy atom. The summed E-state index contributed by atoms with van der Waals surface area (Å²) >= 11 is 5.95. The van der Waals surface area contributed by atoms with Crippen molar-refractivity contribution in [2.45, 2.75) is 6.54 Å². The van der Waals surface area contributed by atoms with Crippen LogP contribution in [0.4, 0.5) is 0 Å². The van der Waals surface area contributed by atoms with Crippen molar-refractivity contribution in [3.63, 3.8) is 0 Å². The molecule has 2 aliphatic rings. The van der Waals surface area contributed by atoms with Gasteiger partial charge in [0.2, 0.25) is 6.79 Å². The molecule has 0 bridgehead atoms. The molecule has 2 aromatic rings. The molecule has 0 unspecified atom stereocenters. The molecule has 0 aliphatic carbocycles. The van der Waals surface area contributed by atoms with Crippen molar-refractivity contribution >= 4 is 29.6 Å². The van der Waals surface area contributed by atoms with Crippen LogP contribution in [0, 0.1) is 0 Å². The summed E-state index contributed by atoms with van der Waals surface area (Å²) in [5, 5.41) is 3.23. The third-order valence-electron chi connectivity index (χ3n) is 4.21. The van der Waals surface area contributed by atoms with E-state index in [2.05, 4.69) is 5.32 Å². The number of fused-ring (bicyclic) bond motifs is 2. The Labute approximate surface area is 165 Å². The number of carbonyl (C=O) groups excluding carboxylic acids is 2. The van der Waals surface area contributed by atoms with Gasteiger partial charge >= 0.3 is 5.97 Å². The lowest BCUT2D eigenvalue weighted by molar-refractivity contribution is -0.145. The number of amides is 1. The van der Waals surface area contributed by atoms with Crippen LogP contribution in [-0.2, 0) is 20.9 Å². The van der Waals surface area contributed by atoms with E-state index in [1.54, 1.807) is 36.4 Å². The van der Waals surface area contributed by atoms with E-state index in [9.17, 15) is 9.59 Å². The first-order valence-corrected chi connectivity index (χ1v) is 8.91. The highest BCUT2D eigenvalue weighted by Gasteiger charge is 2.20. The molecule has 7 nitrogen and oxygen atoms in total. The van der Waals surface area contributed by atoms with Crippen LogP contribution in [0.2, 0.25) is 5.02 Å². The summed E-state index contributed by atoms with van der Waals surface area (Å²) in [7, 11) is 0. The van der Waals surface area contributed by atoms with E-state index >= 15 is 0 Å². The minimum atomic E-state index is -0.608. The summed E-state index contributed by atoms with van der Waals surface area (Å²) in [5.74, 6) is 0.940. The van der Waals surface area contributed by atoms with E-state index in [0.29, 0.717) is 33.4 Å². The molecular weight excluding hydrogens is 386 g/mol. The van der Waals surface area contributed by atoms with Crippen LogP contribution in [0.15, 0.2) is 42.0 Å². The topological polar surface area (TPSA) is 83.1 Å². The Kier molecular flexibility index (Phi) is 5.08. The highest BCUT2D eigenvalue weighted by molar-refractivity contribution is 6.30. The van der Waals surface area contributed by atoms with E-state index in [-0.39, 0.29) is 26.6 Å². The maximum absolute atomic E-state index is 12.2. The third-order valence-corrected chi connectivity index (χ3v) is 4.44. The fourth-order valence-corrected chi connectivity index (χ4v) is 2.97. The van der Waals surface area contributed by atoms with Crippen molar-refractivity contribution in [1.82, 2.24) is 5.32 Å². The van der Waals surface area contributed by atoms with Crippen LogP contribution < -0.4 is 19.5 Å². The maximum Gasteiger partial charge on any atom is 0.338 e. The largest absolute Gasteiger partial charge is 0.488 e. The predicted molar refractivity (Wildman–Crippen MR) is 100 cm³/mol. The summed E-state index contributed by atoms with van der Waals surface area (Å²) in [5.41, 5.74) is 1.86. The lowest BCUT2D eigenvalue weighted by Crippen LogP contribution is -2.29. The second-order valence-electron chi connectivity index (χ2n) is 6.18. The van der Waals surface area contributed by atoms with Crippen LogP contribution in [0.3, 0.4) is 0 Å². The fourth-order valence-electron chi connectivity index (χ4n) is 2.79. The first-order valence-electron chi connectivity index (χ1n) is 8.54. The number of hydrogen-bond donors (Lipinski definition) is 1. The van der Waals surface area contributed by atoms with E-state index < -0.39 is 11.9 Å². The van der Waals surface area contributed by atoms with Gasteiger partial charge in [0, 0.05) is 17.1 Å². The Morgan fingerprint density at radius 3 is 2.75 bits per heavy atom. The number of benzene rings is 2. The molecule has 8 heteroatoms. The molecule has 0 atom stereocenters. The van der Waals surface area contributed by atoms with Crippen LogP contribution in [0.1, 0.15) is 11.1 Å². The number of carbonyl (C=O) groups is 2. The Balaban J connectivity index is 1.28. The number of halogens is 1. The molecule has 1 amide bonds. The quantitative estimate of drug-likeness (QED) is 0.776. The molecule has 0 fully saturated rings. The van der Waals surface area contributed by atoms with Gasteiger partial charge in [0.05, 0.1) is 5.57 Å². The zero-order valence-electron chi connectivity index (χ0n) is 14.7. The van der Waals surface area contributed by atoms with Gasteiger partial charge in [-0.3, -0.25) is 4.79 Å². The van der Waals surface area contributed by atoms with Crippen LogP contribution in [0.25, 0.3) is 6.08 Å². The van der Waals surface area contributed by atoms with Gasteiger partial charge in [-0.1, -0.05) is 17.7 Å². The van der Waals surface area contributed by atoms with Crippen LogP contribution in [-0.4, -0.2) is 31.9 Å². The molecule has 2 heterocycles. The number of ether oxygens (including phenoxy) is 4. The molecule has 0 spiro atoms. The van der Waals surface area contributed by atoms with Crippen LogP contribution >= 0.6 is 11.6 Å². The minimum absolute atomic E-state index is 0.0757. The second-order valence-corrected chi connectivity index (χ2v) is 6.62. The monoisotopic (exact) mass is 401 g/mol. The number of hydrogen-bond acceptors (Lipinski definition) is 6. The van der Waals surface area contributed by atoms with Gasteiger partial charge in [-0.05, 0) is 42.0 Å². The van der Waals surface area contributed by atoms with E-state index in [4.69, 9.17) is 30.5 Å². The van der Waals surface area contributed by atoms with Gasteiger partial charge in [0.1, 0.15) is 12.4 Å². The Hall–Kier alpha value is -3.19. The van der Waals surface area contributed by atoms with E-state index in [1.165, 1.54) is 0 Å². The summed E-state index contributed by atoms with van der Waals surface area (Å²) in [4.78, 5) is 24.2. The summed E-state index contributed by atoms with van der Waals surface area (Å²) < 4.78 is 21.1. The van der Waals surface area contributed by atoms with Crippen molar-refractivity contribution in [2.75, 3.05) is 20.0 Å².